The van der Waals surface area contributed by atoms with E-state index >= 15 is 0 Å². The van der Waals surface area contributed by atoms with Crippen molar-refractivity contribution >= 4 is 35.3 Å². The minimum absolute atomic E-state index is 0.0929. The lowest BCUT2D eigenvalue weighted by Crippen LogP contribution is -2.37. The fourth-order valence-corrected chi connectivity index (χ4v) is 3.96. The molecule has 1 aromatic carbocycles. The standard InChI is InChI=1S/C23H23ClN6O5/c1-34-18-6-5-14(10-16(18)24)11-27-20-15(22(33)35-13-19-25-7-3-8-26-19)12-28-23(29-20)30-9-2-4-17(30)21(31)32/h3,5-8,10,12,17H,2,4,9,11,13H2,1H3,(H,31,32)(H,27,28,29)/t17-/m1/s1. The molecule has 3 aromatic rings. The zero-order chi connectivity index (χ0) is 24.8. The Balaban J connectivity index is 1.58. The third-order valence-electron chi connectivity index (χ3n) is 5.42. The predicted octanol–water partition coefficient (Wildman–Crippen LogP) is 2.95. The smallest absolute Gasteiger partial charge is 0.343 e. The summed E-state index contributed by atoms with van der Waals surface area (Å²) in [5.74, 6) is -0.302. The van der Waals surface area contributed by atoms with E-state index in [9.17, 15) is 14.7 Å². The highest BCUT2D eigenvalue weighted by Gasteiger charge is 2.33. The van der Waals surface area contributed by atoms with Gasteiger partial charge in [0.25, 0.3) is 0 Å². The summed E-state index contributed by atoms with van der Waals surface area (Å²) in [6, 6.07) is 6.23. The summed E-state index contributed by atoms with van der Waals surface area (Å²) in [6.45, 7) is 0.659. The summed E-state index contributed by atoms with van der Waals surface area (Å²) in [5.41, 5.74) is 0.910. The molecule has 12 heteroatoms. The van der Waals surface area contributed by atoms with Crippen molar-refractivity contribution in [3.63, 3.8) is 0 Å². The number of aromatic nitrogens is 4. The molecule has 0 spiro atoms. The second-order valence-electron chi connectivity index (χ2n) is 7.69. The molecule has 1 saturated heterocycles. The number of nitrogens with one attached hydrogen (secondary N) is 1. The molecule has 1 aliphatic rings. The van der Waals surface area contributed by atoms with Crippen LogP contribution in [0.25, 0.3) is 0 Å². The Hall–Kier alpha value is -3.99. The van der Waals surface area contributed by atoms with Gasteiger partial charge in [0.1, 0.15) is 23.2 Å². The molecule has 1 fully saturated rings. The minimum Gasteiger partial charge on any atom is -0.495 e. The van der Waals surface area contributed by atoms with Gasteiger partial charge in [-0.1, -0.05) is 17.7 Å². The molecule has 2 aromatic heterocycles. The number of methoxy groups -OCH3 is 1. The van der Waals surface area contributed by atoms with Crippen molar-refractivity contribution in [1.82, 2.24) is 19.9 Å². The Bertz CT molecular complexity index is 1210. The molecule has 11 nitrogen and oxygen atoms in total. The van der Waals surface area contributed by atoms with Gasteiger partial charge in [-0.15, -0.1) is 0 Å². The molecule has 35 heavy (non-hydrogen) atoms. The highest BCUT2D eigenvalue weighted by molar-refractivity contribution is 6.32. The number of benzene rings is 1. The molecule has 1 aliphatic heterocycles. The van der Waals surface area contributed by atoms with Crippen LogP contribution in [0.2, 0.25) is 5.02 Å². The van der Waals surface area contributed by atoms with Crippen LogP contribution in [-0.4, -0.2) is 56.7 Å². The lowest BCUT2D eigenvalue weighted by atomic mass is 10.2. The first-order valence-corrected chi connectivity index (χ1v) is 11.2. The van der Waals surface area contributed by atoms with Crippen LogP contribution < -0.4 is 15.0 Å². The average Bonchev–Trinajstić information content (AvgIpc) is 3.37. The zero-order valence-electron chi connectivity index (χ0n) is 18.8. The maximum absolute atomic E-state index is 12.8. The number of carbonyl (C=O) groups is 2. The Labute approximate surface area is 206 Å². The number of ether oxygens (including phenoxy) is 2. The Kier molecular flexibility index (Phi) is 7.56. The van der Waals surface area contributed by atoms with Gasteiger partial charge >= 0.3 is 11.9 Å². The first-order valence-electron chi connectivity index (χ1n) is 10.8. The summed E-state index contributed by atoms with van der Waals surface area (Å²) in [6.07, 6.45) is 5.63. The minimum atomic E-state index is -0.945. The van der Waals surface area contributed by atoms with Crippen LogP contribution in [-0.2, 0) is 22.7 Å². The maximum atomic E-state index is 12.8. The summed E-state index contributed by atoms with van der Waals surface area (Å²) in [4.78, 5) is 42.9. The first-order chi connectivity index (χ1) is 17.0. The van der Waals surface area contributed by atoms with Gasteiger partial charge in [-0.2, -0.15) is 4.98 Å². The Morgan fingerprint density at radius 3 is 2.77 bits per heavy atom. The molecule has 0 bridgehead atoms. The van der Waals surface area contributed by atoms with Crippen LogP contribution in [0.4, 0.5) is 11.8 Å². The van der Waals surface area contributed by atoms with E-state index in [1.807, 2.05) is 6.07 Å². The van der Waals surface area contributed by atoms with E-state index in [-0.39, 0.29) is 30.5 Å². The second-order valence-corrected chi connectivity index (χ2v) is 8.09. The number of halogens is 1. The molecular weight excluding hydrogens is 476 g/mol. The molecule has 3 heterocycles. The second kappa shape index (κ2) is 11.0. The number of carboxylic acid groups (broad SMARTS) is 1. The van der Waals surface area contributed by atoms with Gasteiger partial charge in [0.05, 0.1) is 12.1 Å². The largest absolute Gasteiger partial charge is 0.495 e. The van der Waals surface area contributed by atoms with Crippen molar-refractivity contribution in [2.24, 2.45) is 0 Å². The summed E-state index contributed by atoms with van der Waals surface area (Å²) in [5, 5.41) is 13.1. The molecule has 182 valence electrons. The molecule has 0 aliphatic carbocycles. The van der Waals surface area contributed by atoms with Crippen LogP contribution in [0.5, 0.6) is 5.75 Å². The highest BCUT2D eigenvalue weighted by Crippen LogP contribution is 2.27. The molecule has 0 unspecified atom stereocenters. The molecule has 0 saturated carbocycles. The summed E-state index contributed by atoms with van der Waals surface area (Å²) >= 11 is 6.22. The van der Waals surface area contributed by atoms with Gasteiger partial charge < -0.3 is 24.8 Å². The van der Waals surface area contributed by atoms with Gasteiger partial charge in [-0.3, -0.25) is 0 Å². The van der Waals surface area contributed by atoms with Crippen LogP contribution in [0.3, 0.4) is 0 Å². The third kappa shape index (κ3) is 5.75. The van der Waals surface area contributed by atoms with Crippen molar-refractivity contribution in [1.29, 1.82) is 0 Å². The molecule has 4 rings (SSSR count). The topological polar surface area (TPSA) is 140 Å². The maximum Gasteiger partial charge on any atom is 0.343 e. The van der Waals surface area contributed by atoms with Gasteiger partial charge in [-0.25, -0.2) is 24.5 Å². The zero-order valence-corrected chi connectivity index (χ0v) is 19.6. The molecule has 0 radical (unpaired) electrons. The number of esters is 1. The van der Waals surface area contributed by atoms with E-state index in [4.69, 9.17) is 21.1 Å². The fraction of sp³-hybridized carbons (Fsp3) is 0.304. The van der Waals surface area contributed by atoms with Gasteiger partial charge in [0.15, 0.2) is 12.4 Å². The highest BCUT2D eigenvalue weighted by atomic mass is 35.5. The molecule has 1 atom stereocenters. The number of hydrogen-bond acceptors (Lipinski definition) is 10. The van der Waals surface area contributed by atoms with Crippen molar-refractivity contribution in [3.8, 4) is 5.75 Å². The Morgan fingerprint density at radius 2 is 2.06 bits per heavy atom. The summed E-state index contributed by atoms with van der Waals surface area (Å²) < 4.78 is 10.5. The van der Waals surface area contributed by atoms with Crippen molar-refractivity contribution < 1.29 is 24.2 Å². The van der Waals surface area contributed by atoms with Gasteiger partial charge in [0, 0.05) is 31.7 Å². The van der Waals surface area contributed by atoms with Crippen LogP contribution in [0.15, 0.2) is 42.9 Å². The quantitative estimate of drug-likeness (QED) is 0.420. The Morgan fingerprint density at radius 1 is 1.26 bits per heavy atom. The average molecular weight is 499 g/mol. The van der Waals surface area contributed by atoms with Crippen LogP contribution in [0.1, 0.15) is 34.6 Å². The number of carbonyl (C=O) groups excluding carboxylic acids is 1. The molecular formula is C23H23ClN6O5. The van der Waals surface area contributed by atoms with Crippen LogP contribution in [0, 0.1) is 0 Å². The van der Waals surface area contributed by atoms with E-state index in [1.165, 1.54) is 13.3 Å². The SMILES string of the molecule is COc1ccc(CNc2nc(N3CCC[C@@H]3C(=O)O)ncc2C(=O)OCc2ncccn2)cc1Cl. The van der Waals surface area contributed by atoms with Crippen LogP contribution >= 0.6 is 11.6 Å². The lowest BCUT2D eigenvalue weighted by Gasteiger charge is -2.22. The monoisotopic (exact) mass is 498 g/mol. The van der Waals surface area contributed by atoms with E-state index < -0.39 is 18.0 Å². The van der Waals surface area contributed by atoms with E-state index in [0.717, 1.165) is 5.56 Å². The van der Waals surface area contributed by atoms with E-state index in [0.29, 0.717) is 36.0 Å². The normalized spacial score (nSPS) is 15.0. The number of anilines is 2. The number of aliphatic carboxylic acids is 1. The van der Waals surface area contributed by atoms with Crippen molar-refractivity contribution in [3.05, 3.63) is 64.8 Å². The third-order valence-corrected chi connectivity index (χ3v) is 5.71. The van der Waals surface area contributed by atoms with Crippen molar-refractivity contribution in [2.45, 2.75) is 32.0 Å². The fourth-order valence-electron chi connectivity index (χ4n) is 3.68. The van der Waals surface area contributed by atoms with E-state index in [1.54, 1.807) is 35.5 Å². The predicted molar refractivity (Wildman–Crippen MR) is 127 cm³/mol. The number of carboxylic acids is 1. The molecule has 0 amide bonds. The van der Waals surface area contributed by atoms with Gasteiger partial charge in [0.2, 0.25) is 5.95 Å². The van der Waals surface area contributed by atoms with Crippen molar-refractivity contribution in [2.75, 3.05) is 23.9 Å². The summed E-state index contributed by atoms with van der Waals surface area (Å²) in [7, 11) is 1.53. The number of hydrogen-bond donors (Lipinski definition) is 2. The lowest BCUT2D eigenvalue weighted by molar-refractivity contribution is -0.138. The number of rotatable bonds is 9. The van der Waals surface area contributed by atoms with E-state index in [2.05, 4.69) is 25.3 Å². The number of nitrogens with zero attached hydrogens (tertiary/aromatic N) is 5. The molecule has 2 N–H and O–H groups in total. The van der Waals surface area contributed by atoms with Gasteiger partial charge in [-0.05, 0) is 36.6 Å². The first kappa shape index (κ1) is 24.1.